The molecule has 0 N–H and O–H groups in total. The number of likely N-dealkylation sites (tertiary alicyclic amines) is 2. The van der Waals surface area contributed by atoms with Crippen LogP contribution in [0.2, 0.25) is 0 Å². The van der Waals surface area contributed by atoms with Crippen molar-refractivity contribution in [3.63, 3.8) is 0 Å². The predicted octanol–water partition coefficient (Wildman–Crippen LogP) is 12.4. The van der Waals surface area contributed by atoms with Gasteiger partial charge in [0.05, 0.1) is 0 Å². The third kappa shape index (κ3) is 12.0. The summed E-state index contributed by atoms with van der Waals surface area (Å²) in [5, 5.41) is 0. The summed E-state index contributed by atoms with van der Waals surface area (Å²) in [7, 11) is 0. The van der Waals surface area contributed by atoms with Gasteiger partial charge in [-0.1, -0.05) is 138 Å². The minimum Gasteiger partial charge on any atom is -0.342 e. The van der Waals surface area contributed by atoms with E-state index in [0.29, 0.717) is 41.8 Å². The van der Waals surface area contributed by atoms with Crippen molar-refractivity contribution >= 4 is 23.6 Å². The summed E-state index contributed by atoms with van der Waals surface area (Å²) in [6, 6.07) is 1.65. The number of carbonyl (C=O) groups is 4. The average Bonchev–Trinajstić information content (AvgIpc) is 3.96. The Bertz CT molecular complexity index is 1490. The third-order valence-corrected chi connectivity index (χ3v) is 18.3. The summed E-state index contributed by atoms with van der Waals surface area (Å²) in [5.74, 6) is 2.18. The lowest BCUT2D eigenvalue weighted by Crippen LogP contribution is -2.56. The van der Waals surface area contributed by atoms with E-state index in [0.717, 1.165) is 38.6 Å². The Morgan fingerprint density at radius 1 is 0.339 bits per heavy atom. The fraction of sp³-hybridized carbons (Fsp3) is 0.926. The maximum absolute atomic E-state index is 12.8. The van der Waals surface area contributed by atoms with Crippen molar-refractivity contribution < 1.29 is 19.2 Å². The molecular weight excluding hydrogens is 769 g/mol. The summed E-state index contributed by atoms with van der Waals surface area (Å²) >= 11 is 0. The number of nitrogens with zero attached hydrogens (tertiary/aromatic N) is 4. The first kappa shape index (κ1) is 54.2. The Hall–Kier alpha value is -2.12. The van der Waals surface area contributed by atoms with Crippen LogP contribution in [0.1, 0.15) is 222 Å². The number of hydrogen-bond acceptors (Lipinski definition) is 4. The molecule has 6 heterocycles. The standard InChI is InChI=1S/C15H27NO.C14H25NO.C13H25NO.C12H23NO/c1-14(2,3)15(4,5)13(17)16-10-11-6-8-12(16)9-7-11;1-13(2,3)14(4,5)12(16)15-10-6-7-11(15)9-8-10;1-12(2,3)13(4,5)11(15)14-9-7-6-8-10-14;1-11(2,3)12(4,5)10(14)13-8-6-7-9-13/h11-12H,6-10H2,1-5H3;10-11H,6-9H2,1-5H3;6-10H2,1-5H3;6-9H2,1-5H3. The molecule has 7 aliphatic rings. The number of carbonyl (C=O) groups excluding carboxylic acids is 4. The molecule has 8 heteroatoms. The smallest absolute Gasteiger partial charge is 0.229 e. The summed E-state index contributed by atoms with van der Waals surface area (Å²) in [6.45, 7) is 47.4. The van der Waals surface area contributed by atoms with Crippen molar-refractivity contribution in [3.05, 3.63) is 0 Å². The maximum Gasteiger partial charge on any atom is 0.229 e. The minimum absolute atomic E-state index is 0.0285. The first-order chi connectivity index (χ1) is 28.0. The van der Waals surface area contributed by atoms with Gasteiger partial charge in [-0.05, 0) is 111 Å². The van der Waals surface area contributed by atoms with Crippen LogP contribution in [0.4, 0.5) is 0 Å². The van der Waals surface area contributed by atoms with Crippen LogP contribution >= 0.6 is 0 Å². The third-order valence-electron chi connectivity index (χ3n) is 18.3. The first-order valence-corrected chi connectivity index (χ1v) is 25.2. The van der Waals surface area contributed by atoms with Gasteiger partial charge in [-0.2, -0.15) is 0 Å². The molecule has 0 aromatic rings. The van der Waals surface area contributed by atoms with E-state index in [2.05, 4.69) is 153 Å². The zero-order valence-corrected chi connectivity index (χ0v) is 44.5. The Labute approximate surface area is 383 Å². The zero-order chi connectivity index (χ0) is 47.7. The number of hydrogen-bond donors (Lipinski definition) is 0. The lowest BCUT2D eigenvalue weighted by molar-refractivity contribution is -0.154. The molecule has 0 spiro atoms. The number of fused-ring (bicyclic) bond motifs is 5. The quantitative estimate of drug-likeness (QED) is 0.282. The van der Waals surface area contributed by atoms with Crippen LogP contribution in [0.15, 0.2) is 0 Å². The van der Waals surface area contributed by atoms with Crippen molar-refractivity contribution in [1.82, 2.24) is 19.6 Å². The lowest BCUT2D eigenvalue weighted by Gasteiger charge is -2.50. The number of amides is 4. The summed E-state index contributed by atoms with van der Waals surface area (Å²) in [6.07, 6.45) is 16.0. The van der Waals surface area contributed by atoms with E-state index >= 15 is 0 Å². The second-order valence-corrected chi connectivity index (χ2v) is 26.7. The summed E-state index contributed by atoms with van der Waals surface area (Å²) < 4.78 is 0. The van der Waals surface area contributed by atoms with Crippen LogP contribution < -0.4 is 0 Å². The zero-order valence-electron chi connectivity index (χ0n) is 44.5. The molecule has 360 valence electrons. The highest BCUT2D eigenvalue weighted by molar-refractivity contribution is 5.85. The largest absolute Gasteiger partial charge is 0.342 e. The van der Waals surface area contributed by atoms with Gasteiger partial charge in [0.25, 0.3) is 0 Å². The fourth-order valence-electron chi connectivity index (χ4n) is 9.33. The van der Waals surface area contributed by atoms with Crippen LogP contribution in [-0.4, -0.2) is 94.1 Å². The van der Waals surface area contributed by atoms with Gasteiger partial charge in [0.1, 0.15) is 0 Å². The van der Waals surface area contributed by atoms with Gasteiger partial charge < -0.3 is 19.6 Å². The monoisotopic (exact) mass is 869 g/mol. The fourth-order valence-corrected chi connectivity index (χ4v) is 9.33. The van der Waals surface area contributed by atoms with Crippen LogP contribution in [0.3, 0.4) is 0 Å². The van der Waals surface area contributed by atoms with Gasteiger partial charge in [0.2, 0.25) is 23.6 Å². The van der Waals surface area contributed by atoms with E-state index in [1.165, 1.54) is 83.5 Å². The van der Waals surface area contributed by atoms with E-state index in [1.807, 2.05) is 4.90 Å². The van der Waals surface area contributed by atoms with Crippen molar-refractivity contribution in [2.75, 3.05) is 32.7 Å². The van der Waals surface area contributed by atoms with Gasteiger partial charge in [-0.3, -0.25) is 19.2 Å². The molecule has 0 radical (unpaired) electrons. The van der Waals surface area contributed by atoms with Gasteiger partial charge >= 0.3 is 0 Å². The molecule has 0 aromatic carbocycles. The van der Waals surface area contributed by atoms with E-state index < -0.39 is 0 Å². The van der Waals surface area contributed by atoms with Crippen molar-refractivity contribution in [2.24, 2.45) is 49.2 Å². The van der Waals surface area contributed by atoms with Crippen LogP contribution in [-0.2, 0) is 19.2 Å². The molecular formula is C54H100N4O4. The van der Waals surface area contributed by atoms with E-state index in [4.69, 9.17) is 0 Å². The topological polar surface area (TPSA) is 81.2 Å². The van der Waals surface area contributed by atoms with Gasteiger partial charge in [0, 0.05) is 72.5 Å². The highest BCUT2D eigenvalue weighted by Gasteiger charge is 2.51. The highest BCUT2D eigenvalue weighted by atomic mass is 16.2. The summed E-state index contributed by atoms with van der Waals surface area (Å²) in [4.78, 5) is 58.6. The molecule has 6 saturated heterocycles. The SMILES string of the molecule is CC(C)(C)C(C)(C)C(=O)N1C2CCC1CC2.CC(C)(C)C(C)(C)C(=O)N1CC2CCC1CC2.CC(C)(C)C(C)(C)C(=O)N1CCCC1.CC(C)(C)C(C)(C)C(=O)N1CCCCC1. The summed E-state index contributed by atoms with van der Waals surface area (Å²) in [5.41, 5.74) is -0.897. The molecule has 7 rings (SSSR count). The Kier molecular flexibility index (Phi) is 17.3. The molecule has 0 unspecified atom stereocenters. The Morgan fingerprint density at radius 2 is 0.613 bits per heavy atom. The van der Waals surface area contributed by atoms with Crippen molar-refractivity contribution in [3.8, 4) is 0 Å². The van der Waals surface area contributed by atoms with Crippen LogP contribution in [0.25, 0.3) is 0 Å². The second kappa shape index (κ2) is 19.8. The van der Waals surface area contributed by atoms with E-state index in [-0.39, 0.29) is 43.3 Å². The normalized spacial score (nSPS) is 24.7. The average molecular weight is 869 g/mol. The molecule has 4 amide bonds. The van der Waals surface area contributed by atoms with E-state index in [9.17, 15) is 19.2 Å². The molecule has 1 saturated carbocycles. The van der Waals surface area contributed by atoms with Gasteiger partial charge in [-0.25, -0.2) is 0 Å². The van der Waals surface area contributed by atoms with Crippen LogP contribution in [0.5, 0.6) is 0 Å². The number of rotatable bonds is 4. The molecule has 4 bridgehead atoms. The number of piperidine rings is 3. The maximum atomic E-state index is 12.8. The molecule has 6 aliphatic heterocycles. The molecule has 62 heavy (non-hydrogen) atoms. The first-order valence-electron chi connectivity index (χ1n) is 25.2. The highest BCUT2D eigenvalue weighted by Crippen LogP contribution is 2.47. The molecule has 7 fully saturated rings. The lowest BCUT2D eigenvalue weighted by atomic mass is 9.67. The molecule has 0 atom stereocenters. The Morgan fingerprint density at radius 3 is 0.903 bits per heavy atom. The van der Waals surface area contributed by atoms with Crippen molar-refractivity contribution in [1.29, 1.82) is 0 Å². The van der Waals surface area contributed by atoms with Crippen LogP contribution in [0, 0.1) is 49.2 Å². The van der Waals surface area contributed by atoms with E-state index in [1.54, 1.807) is 0 Å². The molecule has 8 nitrogen and oxygen atoms in total. The molecule has 0 aromatic heterocycles. The molecule has 1 aliphatic carbocycles. The minimum atomic E-state index is -0.260. The second-order valence-electron chi connectivity index (χ2n) is 26.7. The Balaban J connectivity index is 0.000000221. The van der Waals surface area contributed by atoms with Crippen molar-refractivity contribution in [2.45, 2.75) is 240 Å². The van der Waals surface area contributed by atoms with Gasteiger partial charge in [-0.15, -0.1) is 0 Å². The van der Waals surface area contributed by atoms with Gasteiger partial charge in [0.15, 0.2) is 0 Å². The predicted molar refractivity (Wildman–Crippen MR) is 260 cm³/mol.